The molecule has 0 bridgehead atoms. The summed E-state index contributed by atoms with van der Waals surface area (Å²) in [7, 11) is 1.66. The summed E-state index contributed by atoms with van der Waals surface area (Å²) in [5.41, 5.74) is 2.95. The molecule has 1 aromatic carbocycles. The monoisotopic (exact) mass is 299 g/mol. The first kappa shape index (κ1) is 14.6. The average Bonchev–Trinajstić information content (AvgIpc) is 2.99. The van der Waals surface area contributed by atoms with E-state index in [-0.39, 0.29) is 5.91 Å². The number of carbonyl (C=O) groups is 1. The lowest BCUT2D eigenvalue weighted by atomic mass is 10.1. The fraction of sp³-hybridized carbons (Fsp3) is 0.412. The van der Waals surface area contributed by atoms with E-state index in [0.717, 1.165) is 54.8 Å². The summed E-state index contributed by atoms with van der Waals surface area (Å²) >= 11 is 0. The van der Waals surface area contributed by atoms with Gasteiger partial charge >= 0.3 is 0 Å². The molecule has 2 aromatic rings. The minimum Gasteiger partial charge on any atom is -0.497 e. The molecule has 0 saturated carbocycles. The van der Waals surface area contributed by atoms with Crippen LogP contribution in [0.25, 0.3) is 0 Å². The van der Waals surface area contributed by atoms with Crippen LogP contribution in [-0.4, -0.2) is 29.3 Å². The highest BCUT2D eigenvalue weighted by molar-refractivity contribution is 5.95. The van der Waals surface area contributed by atoms with Gasteiger partial charge in [0.25, 0.3) is 5.91 Å². The maximum Gasteiger partial charge on any atom is 0.254 e. The first-order valence-corrected chi connectivity index (χ1v) is 7.74. The number of rotatable bonds is 5. The molecule has 1 amide bonds. The number of fused-ring (bicyclic) bond motifs is 1. The topological polar surface area (TPSA) is 56.1 Å². The molecule has 0 radical (unpaired) electrons. The highest BCUT2D eigenvalue weighted by Crippen LogP contribution is 2.18. The molecule has 0 spiro atoms. The van der Waals surface area contributed by atoms with E-state index < -0.39 is 0 Å². The zero-order valence-electron chi connectivity index (χ0n) is 12.8. The molecule has 1 aliphatic heterocycles. The maximum absolute atomic E-state index is 12.3. The quantitative estimate of drug-likeness (QED) is 0.921. The Morgan fingerprint density at radius 2 is 2.32 bits per heavy atom. The van der Waals surface area contributed by atoms with Gasteiger partial charge in [-0.15, -0.1) is 0 Å². The maximum atomic E-state index is 12.3. The number of hydrogen-bond acceptors (Lipinski definition) is 3. The van der Waals surface area contributed by atoms with Crippen LogP contribution in [0.5, 0.6) is 5.75 Å². The lowest BCUT2D eigenvalue weighted by molar-refractivity contribution is 0.0952. The Morgan fingerprint density at radius 1 is 1.41 bits per heavy atom. The number of aryl methyl sites for hydroxylation is 1. The number of nitrogens with one attached hydrogen (secondary N) is 1. The number of aromatic nitrogens is 2. The zero-order valence-corrected chi connectivity index (χ0v) is 12.8. The summed E-state index contributed by atoms with van der Waals surface area (Å²) in [4.78, 5) is 12.3. The van der Waals surface area contributed by atoms with E-state index in [1.165, 1.54) is 0 Å². The minimum absolute atomic E-state index is 0.0222. The molecule has 5 heteroatoms. The normalized spacial score (nSPS) is 13.5. The summed E-state index contributed by atoms with van der Waals surface area (Å²) in [5, 5.41) is 7.29. The number of ether oxygens (including phenoxy) is 1. The predicted molar refractivity (Wildman–Crippen MR) is 84.2 cm³/mol. The van der Waals surface area contributed by atoms with Gasteiger partial charge in [0.1, 0.15) is 5.75 Å². The third-order valence-corrected chi connectivity index (χ3v) is 4.06. The van der Waals surface area contributed by atoms with Crippen molar-refractivity contribution >= 4 is 5.91 Å². The van der Waals surface area contributed by atoms with Crippen LogP contribution >= 0.6 is 0 Å². The Morgan fingerprint density at radius 3 is 3.18 bits per heavy atom. The molecule has 22 heavy (non-hydrogen) atoms. The van der Waals surface area contributed by atoms with E-state index in [1.54, 1.807) is 13.3 Å². The number of methoxy groups -OCH3 is 1. The first-order chi connectivity index (χ1) is 10.8. The largest absolute Gasteiger partial charge is 0.497 e. The molecule has 0 aliphatic carbocycles. The van der Waals surface area contributed by atoms with Crippen molar-refractivity contribution in [2.45, 2.75) is 32.2 Å². The van der Waals surface area contributed by atoms with Gasteiger partial charge in [-0.25, -0.2) is 0 Å². The van der Waals surface area contributed by atoms with Crippen LogP contribution in [0, 0.1) is 0 Å². The van der Waals surface area contributed by atoms with Crippen LogP contribution in [0.3, 0.4) is 0 Å². The number of amides is 1. The fourth-order valence-electron chi connectivity index (χ4n) is 2.85. The molecule has 116 valence electrons. The molecule has 0 saturated heterocycles. The summed E-state index contributed by atoms with van der Waals surface area (Å²) in [6, 6.07) is 7.91. The van der Waals surface area contributed by atoms with Crippen LogP contribution < -0.4 is 10.1 Å². The van der Waals surface area contributed by atoms with Gasteiger partial charge in [0, 0.05) is 13.1 Å². The molecular formula is C17H21N3O2. The fourth-order valence-corrected chi connectivity index (χ4v) is 2.85. The van der Waals surface area contributed by atoms with Crippen molar-refractivity contribution in [3.63, 3.8) is 0 Å². The van der Waals surface area contributed by atoms with Gasteiger partial charge in [0.15, 0.2) is 0 Å². The standard InChI is InChI=1S/C17H21N3O2/c1-22-14-6-4-5-13(11-14)8-9-18-17(21)15-12-19-20-10-3-2-7-16(15)20/h4-6,11-12H,2-3,7-10H2,1H3,(H,18,21). The van der Waals surface area contributed by atoms with Crippen molar-refractivity contribution in [2.24, 2.45) is 0 Å². The molecular weight excluding hydrogens is 278 g/mol. The lowest BCUT2D eigenvalue weighted by Crippen LogP contribution is -2.27. The van der Waals surface area contributed by atoms with Gasteiger partial charge in [0.05, 0.1) is 24.6 Å². The van der Waals surface area contributed by atoms with Crippen LogP contribution in [0.1, 0.15) is 34.5 Å². The van der Waals surface area contributed by atoms with Gasteiger partial charge in [0.2, 0.25) is 0 Å². The van der Waals surface area contributed by atoms with Gasteiger partial charge in [-0.1, -0.05) is 12.1 Å². The SMILES string of the molecule is COc1cccc(CCNC(=O)c2cnn3c2CCCC3)c1. The Balaban J connectivity index is 1.57. The summed E-state index contributed by atoms with van der Waals surface area (Å²) in [5.74, 6) is 0.820. The van der Waals surface area contributed by atoms with Gasteiger partial charge < -0.3 is 10.1 Å². The second-order valence-corrected chi connectivity index (χ2v) is 5.54. The zero-order chi connectivity index (χ0) is 15.4. The molecule has 3 rings (SSSR count). The molecule has 0 unspecified atom stereocenters. The van der Waals surface area contributed by atoms with Crippen LogP contribution in [0.15, 0.2) is 30.5 Å². The first-order valence-electron chi connectivity index (χ1n) is 7.74. The highest BCUT2D eigenvalue weighted by atomic mass is 16.5. The smallest absolute Gasteiger partial charge is 0.254 e. The molecule has 0 fully saturated rings. The molecule has 5 nitrogen and oxygen atoms in total. The van der Waals surface area contributed by atoms with Crippen molar-refractivity contribution in [1.29, 1.82) is 0 Å². The Bertz CT molecular complexity index is 664. The molecule has 1 aromatic heterocycles. The lowest BCUT2D eigenvalue weighted by Gasteiger charge is -2.14. The van der Waals surface area contributed by atoms with Crippen LogP contribution in [0.2, 0.25) is 0 Å². The van der Waals surface area contributed by atoms with E-state index >= 15 is 0 Å². The number of benzene rings is 1. The van der Waals surface area contributed by atoms with E-state index in [2.05, 4.69) is 10.4 Å². The van der Waals surface area contributed by atoms with Gasteiger partial charge in [-0.05, 0) is 43.4 Å². The molecule has 0 atom stereocenters. The van der Waals surface area contributed by atoms with E-state index in [4.69, 9.17) is 4.74 Å². The number of nitrogens with zero attached hydrogens (tertiary/aromatic N) is 2. The van der Waals surface area contributed by atoms with Crippen molar-refractivity contribution in [3.05, 3.63) is 47.3 Å². The number of carbonyl (C=O) groups excluding carboxylic acids is 1. The van der Waals surface area contributed by atoms with Crippen molar-refractivity contribution in [3.8, 4) is 5.75 Å². The molecule has 1 N–H and O–H groups in total. The number of hydrogen-bond donors (Lipinski definition) is 1. The summed E-state index contributed by atoms with van der Waals surface area (Å²) in [6.07, 6.45) is 5.70. The van der Waals surface area contributed by atoms with Crippen molar-refractivity contribution in [1.82, 2.24) is 15.1 Å². The Hall–Kier alpha value is -2.30. The summed E-state index contributed by atoms with van der Waals surface area (Å²) < 4.78 is 7.16. The van der Waals surface area contributed by atoms with E-state index in [0.29, 0.717) is 6.54 Å². The Kier molecular flexibility index (Phi) is 4.42. The van der Waals surface area contributed by atoms with E-state index in [1.807, 2.05) is 28.9 Å². The second kappa shape index (κ2) is 6.64. The summed E-state index contributed by atoms with van der Waals surface area (Å²) in [6.45, 7) is 1.53. The van der Waals surface area contributed by atoms with Crippen molar-refractivity contribution < 1.29 is 9.53 Å². The average molecular weight is 299 g/mol. The Labute approximate surface area is 130 Å². The highest BCUT2D eigenvalue weighted by Gasteiger charge is 2.19. The molecule has 1 aliphatic rings. The minimum atomic E-state index is -0.0222. The van der Waals surface area contributed by atoms with Crippen LogP contribution in [0.4, 0.5) is 0 Å². The van der Waals surface area contributed by atoms with Crippen LogP contribution in [-0.2, 0) is 19.4 Å². The third kappa shape index (κ3) is 3.13. The predicted octanol–water partition coefficient (Wildman–Crippen LogP) is 2.20. The van der Waals surface area contributed by atoms with Crippen molar-refractivity contribution in [2.75, 3.05) is 13.7 Å². The van der Waals surface area contributed by atoms with Gasteiger partial charge in [-0.3, -0.25) is 9.48 Å². The second-order valence-electron chi connectivity index (χ2n) is 5.54. The van der Waals surface area contributed by atoms with Gasteiger partial charge in [-0.2, -0.15) is 5.10 Å². The third-order valence-electron chi connectivity index (χ3n) is 4.06. The van der Waals surface area contributed by atoms with E-state index in [9.17, 15) is 4.79 Å². The molecule has 2 heterocycles.